The number of carbonyl (C=O) groups excluding carboxylic acids is 1. The van der Waals surface area contributed by atoms with Crippen molar-refractivity contribution in [3.63, 3.8) is 0 Å². The number of hydrogen-bond donors (Lipinski definition) is 0. The van der Waals surface area contributed by atoms with E-state index < -0.39 is 15.8 Å². The van der Waals surface area contributed by atoms with Crippen LogP contribution in [0.4, 0.5) is 10.1 Å². The topological polar surface area (TPSA) is 57.7 Å². The molecule has 4 rings (SSSR count). The Morgan fingerprint density at radius 3 is 2.54 bits per heavy atom. The molecule has 0 aliphatic carbocycles. The fourth-order valence-electron chi connectivity index (χ4n) is 4.10. The second-order valence-corrected chi connectivity index (χ2v) is 9.32. The number of hydrogen-bond acceptors (Lipinski definition) is 3. The number of para-hydroxylation sites is 1. The van der Waals surface area contributed by atoms with Crippen molar-refractivity contribution in [1.82, 2.24) is 4.31 Å². The smallest absolute Gasteiger partial charge is 0.243 e. The van der Waals surface area contributed by atoms with Gasteiger partial charge >= 0.3 is 0 Å². The number of aryl methyl sites for hydroxylation is 1. The predicted molar refractivity (Wildman–Crippen MR) is 105 cm³/mol. The zero-order valence-corrected chi connectivity index (χ0v) is 16.4. The van der Waals surface area contributed by atoms with Crippen LogP contribution in [-0.4, -0.2) is 38.3 Å². The summed E-state index contributed by atoms with van der Waals surface area (Å²) in [6, 6.07) is 12.7. The van der Waals surface area contributed by atoms with Crippen molar-refractivity contribution in [2.75, 3.05) is 24.5 Å². The first-order valence-corrected chi connectivity index (χ1v) is 11.1. The second-order valence-electron chi connectivity index (χ2n) is 7.38. The molecule has 0 radical (unpaired) electrons. The average Bonchev–Trinajstić information content (AvgIpc) is 2.73. The second kappa shape index (κ2) is 7.64. The van der Waals surface area contributed by atoms with Crippen molar-refractivity contribution in [2.24, 2.45) is 5.92 Å². The summed E-state index contributed by atoms with van der Waals surface area (Å²) in [5.41, 5.74) is 2.10. The number of rotatable bonds is 3. The lowest BCUT2D eigenvalue weighted by Crippen LogP contribution is -2.48. The Labute approximate surface area is 164 Å². The molecule has 2 aromatic carbocycles. The highest BCUT2D eigenvalue weighted by molar-refractivity contribution is 7.89. The summed E-state index contributed by atoms with van der Waals surface area (Å²) in [5.74, 6) is -0.851. The van der Waals surface area contributed by atoms with E-state index in [1.165, 1.54) is 16.4 Å². The maximum Gasteiger partial charge on any atom is 0.243 e. The average molecular weight is 402 g/mol. The maximum atomic E-state index is 13.2. The summed E-state index contributed by atoms with van der Waals surface area (Å²) in [6.07, 6.45) is 3.17. The van der Waals surface area contributed by atoms with Crippen LogP contribution in [0, 0.1) is 11.7 Å². The van der Waals surface area contributed by atoms with Crippen LogP contribution in [0.25, 0.3) is 0 Å². The van der Waals surface area contributed by atoms with Crippen molar-refractivity contribution >= 4 is 21.6 Å². The Bertz CT molecular complexity index is 975. The highest BCUT2D eigenvalue weighted by atomic mass is 32.2. The normalized spacial score (nSPS) is 20.6. The van der Waals surface area contributed by atoms with E-state index in [9.17, 15) is 17.6 Å². The molecule has 1 saturated heterocycles. The van der Waals surface area contributed by atoms with Gasteiger partial charge in [0.05, 0.1) is 10.8 Å². The minimum Gasteiger partial charge on any atom is -0.312 e. The van der Waals surface area contributed by atoms with Crippen molar-refractivity contribution in [3.05, 3.63) is 59.9 Å². The van der Waals surface area contributed by atoms with Crippen LogP contribution in [-0.2, 0) is 21.2 Å². The van der Waals surface area contributed by atoms with Gasteiger partial charge in [-0.25, -0.2) is 12.8 Å². The molecule has 1 atom stereocenters. The lowest BCUT2D eigenvalue weighted by atomic mass is 9.95. The molecular formula is C21H23FN2O3S. The third kappa shape index (κ3) is 3.56. The van der Waals surface area contributed by atoms with Gasteiger partial charge in [0.1, 0.15) is 5.82 Å². The molecule has 0 bridgehead atoms. The lowest BCUT2D eigenvalue weighted by Gasteiger charge is -2.36. The Kier molecular flexibility index (Phi) is 5.21. The molecule has 7 heteroatoms. The van der Waals surface area contributed by atoms with Crippen molar-refractivity contribution < 1.29 is 17.6 Å². The fraction of sp³-hybridized carbons (Fsp3) is 0.381. The standard InChI is InChI=1S/C21H23FN2O3S/c22-18-9-11-19(12-10-18)28(26,27)23-13-3-7-17(15-23)21(25)24-14-4-6-16-5-1-2-8-20(16)24/h1-2,5,8-12,17H,3-4,6-7,13-15H2. The molecule has 1 unspecified atom stereocenters. The van der Waals surface area contributed by atoms with Gasteiger partial charge in [-0.1, -0.05) is 18.2 Å². The Morgan fingerprint density at radius 2 is 1.75 bits per heavy atom. The fourth-order valence-corrected chi connectivity index (χ4v) is 5.62. The Morgan fingerprint density at radius 1 is 1.00 bits per heavy atom. The minimum atomic E-state index is -3.74. The van der Waals surface area contributed by atoms with Gasteiger partial charge < -0.3 is 4.90 Å². The lowest BCUT2D eigenvalue weighted by molar-refractivity contribution is -0.123. The summed E-state index contributed by atoms with van der Waals surface area (Å²) in [6.45, 7) is 1.20. The maximum absolute atomic E-state index is 13.2. The molecule has 0 N–H and O–H groups in total. The first-order valence-electron chi connectivity index (χ1n) is 9.62. The molecule has 0 aromatic heterocycles. The molecule has 2 aromatic rings. The molecule has 2 aliphatic rings. The van der Waals surface area contributed by atoms with Gasteiger partial charge in [0.25, 0.3) is 0 Å². The summed E-state index contributed by atoms with van der Waals surface area (Å²) in [7, 11) is -3.74. The highest BCUT2D eigenvalue weighted by Crippen LogP contribution is 2.31. The monoisotopic (exact) mass is 402 g/mol. The molecule has 1 amide bonds. The van der Waals surface area contributed by atoms with Gasteiger partial charge in [0.15, 0.2) is 0 Å². The quantitative estimate of drug-likeness (QED) is 0.792. The number of nitrogens with zero attached hydrogens (tertiary/aromatic N) is 2. The van der Waals surface area contributed by atoms with Gasteiger partial charge in [-0.3, -0.25) is 4.79 Å². The molecule has 28 heavy (non-hydrogen) atoms. The zero-order valence-electron chi connectivity index (χ0n) is 15.6. The summed E-state index contributed by atoms with van der Waals surface area (Å²) < 4.78 is 40.4. The molecule has 0 saturated carbocycles. The van der Waals surface area contributed by atoms with Gasteiger partial charge in [-0.2, -0.15) is 4.31 Å². The van der Waals surface area contributed by atoms with Crippen LogP contribution in [0.2, 0.25) is 0 Å². The van der Waals surface area contributed by atoms with E-state index in [1.54, 1.807) is 0 Å². The number of amides is 1. The van der Waals surface area contributed by atoms with Gasteiger partial charge in [0, 0.05) is 25.3 Å². The Balaban J connectivity index is 1.54. The number of benzene rings is 2. The van der Waals surface area contributed by atoms with E-state index in [0.29, 0.717) is 25.9 Å². The van der Waals surface area contributed by atoms with E-state index >= 15 is 0 Å². The summed E-state index contributed by atoms with van der Waals surface area (Å²) in [4.78, 5) is 15.1. The van der Waals surface area contributed by atoms with Crippen LogP contribution in [0.15, 0.2) is 53.4 Å². The van der Waals surface area contributed by atoms with E-state index in [2.05, 4.69) is 0 Å². The van der Waals surface area contributed by atoms with E-state index in [4.69, 9.17) is 0 Å². The number of halogens is 1. The third-order valence-electron chi connectivity index (χ3n) is 5.56. The van der Waals surface area contributed by atoms with Crippen LogP contribution >= 0.6 is 0 Å². The van der Waals surface area contributed by atoms with Crippen LogP contribution in [0.3, 0.4) is 0 Å². The van der Waals surface area contributed by atoms with Crippen molar-refractivity contribution in [2.45, 2.75) is 30.6 Å². The number of carbonyl (C=O) groups is 1. The molecule has 148 valence electrons. The zero-order chi connectivity index (χ0) is 19.7. The number of sulfonamides is 1. The van der Waals surface area contributed by atoms with Crippen LogP contribution in [0.5, 0.6) is 0 Å². The first-order chi connectivity index (χ1) is 13.5. The molecule has 1 fully saturated rings. The molecule has 2 heterocycles. The summed E-state index contributed by atoms with van der Waals surface area (Å²) >= 11 is 0. The van der Waals surface area contributed by atoms with E-state index in [0.717, 1.165) is 36.2 Å². The molecule has 2 aliphatic heterocycles. The SMILES string of the molecule is O=C(C1CCCN(S(=O)(=O)c2ccc(F)cc2)C1)N1CCCc2ccccc21. The number of anilines is 1. The summed E-state index contributed by atoms with van der Waals surface area (Å²) in [5, 5.41) is 0. The van der Waals surface area contributed by atoms with Gasteiger partial charge in [0.2, 0.25) is 15.9 Å². The molecule has 5 nitrogen and oxygen atoms in total. The first kappa shape index (κ1) is 19.1. The van der Waals surface area contributed by atoms with Gasteiger partial charge in [-0.15, -0.1) is 0 Å². The molecule has 0 spiro atoms. The van der Waals surface area contributed by atoms with E-state index in [-0.39, 0.29) is 23.3 Å². The van der Waals surface area contributed by atoms with Crippen molar-refractivity contribution in [3.8, 4) is 0 Å². The van der Waals surface area contributed by atoms with E-state index in [1.807, 2.05) is 29.2 Å². The van der Waals surface area contributed by atoms with Crippen LogP contribution in [0.1, 0.15) is 24.8 Å². The number of fused-ring (bicyclic) bond motifs is 1. The highest BCUT2D eigenvalue weighted by Gasteiger charge is 2.36. The largest absolute Gasteiger partial charge is 0.312 e. The van der Waals surface area contributed by atoms with Crippen molar-refractivity contribution in [1.29, 1.82) is 0 Å². The molecular weight excluding hydrogens is 379 g/mol. The number of piperidine rings is 1. The van der Waals surface area contributed by atoms with Gasteiger partial charge in [-0.05, 0) is 61.6 Å². The van der Waals surface area contributed by atoms with Crippen LogP contribution < -0.4 is 4.90 Å². The Hall–Kier alpha value is -2.25. The predicted octanol–water partition coefficient (Wildman–Crippen LogP) is 3.21. The minimum absolute atomic E-state index is 0.00819. The third-order valence-corrected chi connectivity index (χ3v) is 7.44.